The summed E-state index contributed by atoms with van der Waals surface area (Å²) in [4.78, 5) is 17.1. The van der Waals surface area contributed by atoms with Crippen LogP contribution in [-0.2, 0) is 4.74 Å². The molecule has 1 N–H and O–H groups in total. The summed E-state index contributed by atoms with van der Waals surface area (Å²) in [7, 11) is 1.89. The second-order valence-electron chi connectivity index (χ2n) is 4.24. The lowest BCUT2D eigenvalue weighted by Crippen LogP contribution is -2.37. The van der Waals surface area contributed by atoms with Crippen LogP contribution in [0.3, 0.4) is 0 Å². The van der Waals surface area contributed by atoms with Crippen molar-refractivity contribution in [3.8, 4) is 0 Å². The van der Waals surface area contributed by atoms with Crippen molar-refractivity contribution >= 4 is 11.7 Å². The molecule has 17 heavy (non-hydrogen) atoms. The van der Waals surface area contributed by atoms with Gasteiger partial charge in [0.25, 0.3) is 0 Å². The number of rotatable bonds is 3. The molecule has 2 unspecified atom stereocenters. The lowest BCUT2D eigenvalue weighted by Gasteiger charge is -2.29. The smallest absolute Gasteiger partial charge is 0.337 e. The number of aromatic nitrogens is 1. The first kappa shape index (κ1) is 11.9. The number of likely N-dealkylation sites (N-methyl/N-ethyl adjacent to an activating group) is 1. The minimum absolute atomic E-state index is 0.113. The van der Waals surface area contributed by atoms with Crippen molar-refractivity contribution in [1.82, 2.24) is 4.98 Å². The zero-order valence-corrected chi connectivity index (χ0v) is 9.96. The topological polar surface area (TPSA) is 62.7 Å². The molecule has 2 heterocycles. The minimum atomic E-state index is -0.930. The van der Waals surface area contributed by atoms with E-state index in [4.69, 9.17) is 9.84 Å². The van der Waals surface area contributed by atoms with Crippen LogP contribution in [0.2, 0.25) is 0 Å². The van der Waals surface area contributed by atoms with E-state index >= 15 is 0 Å². The van der Waals surface area contributed by atoms with Gasteiger partial charge < -0.3 is 14.7 Å². The summed E-state index contributed by atoms with van der Waals surface area (Å²) in [5, 5.41) is 9.14. The van der Waals surface area contributed by atoms with Gasteiger partial charge in [-0.2, -0.15) is 0 Å². The molecule has 0 bridgehead atoms. The summed E-state index contributed by atoms with van der Waals surface area (Å²) in [6.07, 6.45) is 4.11. The van der Waals surface area contributed by atoms with Crippen LogP contribution in [0.15, 0.2) is 18.5 Å². The maximum absolute atomic E-state index is 11.1. The molecule has 1 aliphatic heterocycles. The van der Waals surface area contributed by atoms with Gasteiger partial charge in [0, 0.05) is 19.9 Å². The second kappa shape index (κ2) is 4.71. The fraction of sp³-hybridized carbons (Fsp3) is 0.500. The number of hydrogen-bond donors (Lipinski definition) is 1. The van der Waals surface area contributed by atoms with Crippen molar-refractivity contribution in [3.05, 3.63) is 24.0 Å². The molecule has 1 aliphatic rings. The van der Waals surface area contributed by atoms with E-state index in [-0.39, 0.29) is 17.7 Å². The summed E-state index contributed by atoms with van der Waals surface area (Å²) < 4.78 is 5.50. The Morgan fingerprint density at radius 2 is 2.41 bits per heavy atom. The molecule has 5 heteroatoms. The molecular weight excluding hydrogens is 220 g/mol. The summed E-state index contributed by atoms with van der Waals surface area (Å²) >= 11 is 0. The highest BCUT2D eigenvalue weighted by atomic mass is 16.5. The Bertz CT molecular complexity index is 422. The molecule has 2 rings (SSSR count). The number of carbonyl (C=O) groups is 1. The third-order valence-corrected chi connectivity index (χ3v) is 3.24. The molecule has 5 nitrogen and oxygen atoms in total. The van der Waals surface area contributed by atoms with Gasteiger partial charge in [0.2, 0.25) is 0 Å². The van der Waals surface area contributed by atoms with Crippen molar-refractivity contribution in [3.63, 3.8) is 0 Å². The van der Waals surface area contributed by atoms with Crippen LogP contribution >= 0.6 is 0 Å². The van der Waals surface area contributed by atoms with Gasteiger partial charge in [-0.15, -0.1) is 0 Å². The lowest BCUT2D eigenvalue weighted by atomic mass is 10.1. The molecular formula is C12H16N2O3. The quantitative estimate of drug-likeness (QED) is 0.859. The van der Waals surface area contributed by atoms with E-state index in [1.807, 2.05) is 18.9 Å². The van der Waals surface area contributed by atoms with Crippen molar-refractivity contribution in [2.75, 3.05) is 18.6 Å². The zero-order chi connectivity index (χ0) is 12.4. The van der Waals surface area contributed by atoms with E-state index in [0.29, 0.717) is 5.69 Å². The number of nitrogens with zero attached hydrogens (tertiary/aromatic N) is 2. The Kier molecular flexibility index (Phi) is 3.28. The Labute approximate surface area is 100 Å². The lowest BCUT2D eigenvalue weighted by molar-refractivity contribution is 0.0697. The highest BCUT2D eigenvalue weighted by Crippen LogP contribution is 2.26. The average molecular weight is 236 g/mol. The maximum Gasteiger partial charge on any atom is 0.337 e. The number of hydrogen-bond acceptors (Lipinski definition) is 4. The van der Waals surface area contributed by atoms with Crippen LogP contribution in [0.1, 0.15) is 23.7 Å². The molecule has 1 fully saturated rings. The van der Waals surface area contributed by atoms with Gasteiger partial charge in [0.1, 0.15) is 0 Å². The fourth-order valence-corrected chi connectivity index (χ4v) is 2.26. The Hall–Kier alpha value is -1.62. The van der Waals surface area contributed by atoms with Crippen LogP contribution in [-0.4, -0.2) is 41.9 Å². The van der Waals surface area contributed by atoms with Crippen molar-refractivity contribution in [2.45, 2.75) is 25.5 Å². The fourth-order valence-electron chi connectivity index (χ4n) is 2.26. The second-order valence-corrected chi connectivity index (χ2v) is 4.24. The highest BCUT2D eigenvalue weighted by molar-refractivity contribution is 5.94. The summed E-state index contributed by atoms with van der Waals surface area (Å²) in [6.45, 7) is 2.73. The molecule has 0 saturated carbocycles. The van der Waals surface area contributed by atoms with Crippen LogP contribution in [0.5, 0.6) is 0 Å². The van der Waals surface area contributed by atoms with Gasteiger partial charge in [-0.1, -0.05) is 0 Å². The van der Waals surface area contributed by atoms with Gasteiger partial charge in [0.15, 0.2) is 0 Å². The molecule has 0 aliphatic carbocycles. The van der Waals surface area contributed by atoms with E-state index in [0.717, 1.165) is 13.0 Å². The summed E-state index contributed by atoms with van der Waals surface area (Å²) in [6, 6.07) is 1.73. The molecule has 1 aromatic heterocycles. The number of carboxylic acids is 1. The Balaban J connectivity index is 2.30. The highest BCUT2D eigenvalue weighted by Gasteiger charge is 2.29. The third kappa shape index (κ3) is 2.24. The molecule has 0 aromatic carbocycles. The van der Waals surface area contributed by atoms with E-state index in [1.54, 1.807) is 6.20 Å². The maximum atomic E-state index is 11.1. The molecule has 92 valence electrons. The number of anilines is 1. The zero-order valence-electron chi connectivity index (χ0n) is 9.96. The SMILES string of the molecule is CC1OCCC1N(C)c1cnccc1C(=O)O. The monoisotopic (exact) mass is 236 g/mol. The van der Waals surface area contributed by atoms with Crippen molar-refractivity contribution in [1.29, 1.82) is 0 Å². The van der Waals surface area contributed by atoms with E-state index < -0.39 is 5.97 Å². The normalized spacial score (nSPS) is 23.6. The largest absolute Gasteiger partial charge is 0.478 e. The van der Waals surface area contributed by atoms with E-state index in [1.165, 1.54) is 12.3 Å². The minimum Gasteiger partial charge on any atom is -0.478 e. The van der Waals surface area contributed by atoms with Crippen LogP contribution in [0.25, 0.3) is 0 Å². The van der Waals surface area contributed by atoms with Gasteiger partial charge in [-0.25, -0.2) is 4.79 Å². The van der Waals surface area contributed by atoms with Crippen LogP contribution in [0, 0.1) is 0 Å². The standard InChI is InChI=1S/C12H16N2O3/c1-8-10(4-6-17-8)14(2)11-7-13-5-3-9(11)12(15)16/h3,5,7-8,10H,4,6H2,1-2H3,(H,15,16). The molecule has 1 saturated heterocycles. The number of aromatic carboxylic acids is 1. The number of ether oxygens (including phenoxy) is 1. The summed E-state index contributed by atoms with van der Waals surface area (Å²) in [5.74, 6) is -0.930. The molecule has 0 radical (unpaired) electrons. The molecule has 1 aromatic rings. The first-order valence-electron chi connectivity index (χ1n) is 5.63. The molecule has 0 amide bonds. The first-order chi connectivity index (χ1) is 8.11. The van der Waals surface area contributed by atoms with Crippen LogP contribution in [0.4, 0.5) is 5.69 Å². The molecule has 2 atom stereocenters. The van der Waals surface area contributed by atoms with Crippen LogP contribution < -0.4 is 4.90 Å². The number of pyridine rings is 1. The van der Waals surface area contributed by atoms with Gasteiger partial charge in [-0.3, -0.25) is 4.98 Å². The third-order valence-electron chi connectivity index (χ3n) is 3.24. The van der Waals surface area contributed by atoms with E-state index in [9.17, 15) is 4.79 Å². The van der Waals surface area contributed by atoms with Gasteiger partial charge in [-0.05, 0) is 19.4 Å². The Morgan fingerprint density at radius 1 is 1.65 bits per heavy atom. The predicted molar refractivity (Wildman–Crippen MR) is 63.4 cm³/mol. The first-order valence-corrected chi connectivity index (χ1v) is 5.63. The predicted octanol–water partition coefficient (Wildman–Crippen LogP) is 1.39. The average Bonchev–Trinajstić information content (AvgIpc) is 2.74. The number of carboxylic acid groups (broad SMARTS) is 1. The van der Waals surface area contributed by atoms with Gasteiger partial charge >= 0.3 is 5.97 Å². The van der Waals surface area contributed by atoms with Gasteiger partial charge in [0.05, 0.1) is 29.6 Å². The van der Waals surface area contributed by atoms with E-state index in [2.05, 4.69) is 4.98 Å². The van der Waals surface area contributed by atoms with Crippen molar-refractivity contribution < 1.29 is 14.6 Å². The molecule has 0 spiro atoms. The van der Waals surface area contributed by atoms with Crippen molar-refractivity contribution in [2.24, 2.45) is 0 Å². The summed E-state index contributed by atoms with van der Waals surface area (Å²) in [5.41, 5.74) is 0.920. The Morgan fingerprint density at radius 3 is 3.00 bits per heavy atom.